The summed E-state index contributed by atoms with van der Waals surface area (Å²) in [7, 11) is -3.44. The van der Waals surface area contributed by atoms with Crippen molar-refractivity contribution in [3.05, 3.63) is 58.7 Å². The van der Waals surface area contributed by atoms with Crippen LogP contribution in [0.15, 0.2) is 41.3 Å². The van der Waals surface area contributed by atoms with E-state index in [1.54, 1.807) is 11.0 Å². The molecule has 1 amide bonds. The van der Waals surface area contributed by atoms with Gasteiger partial charge in [0.2, 0.25) is 0 Å². The molecule has 0 aliphatic carbocycles. The second kappa shape index (κ2) is 9.24. The lowest BCUT2D eigenvalue weighted by Gasteiger charge is -2.22. The van der Waals surface area contributed by atoms with Crippen molar-refractivity contribution >= 4 is 15.7 Å². The smallest absolute Gasteiger partial charge is 0.258 e. The summed E-state index contributed by atoms with van der Waals surface area (Å²) < 4.78 is 35.5. The number of carbonyl (C=O) groups is 1. The topological polar surface area (TPSA) is 72.9 Å². The van der Waals surface area contributed by atoms with E-state index >= 15 is 0 Å². The Hall–Kier alpha value is -2.38. The van der Waals surface area contributed by atoms with Crippen LogP contribution in [-0.4, -0.2) is 45.3 Å². The number of carbonyl (C=O) groups excluding carboxylic acids is 1. The fraction of sp³-hybridized carbons (Fsp3) is 0.480. The third-order valence-electron chi connectivity index (χ3n) is 6.11. The first-order valence-electron chi connectivity index (χ1n) is 11.2. The average molecular weight is 458 g/mol. The molecule has 0 saturated carbocycles. The number of benzene rings is 2. The highest BCUT2D eigenvalue weighted by Gasteiger charge is 2.28. The van der Waals surface area contributed by atoms with E-state index in [1.165, 1.54) is 17.7 Å². The fourth-order valence-corrected chi connectivity index (χ4v) is 4.95. The lowest BCUT2D eigenvalue weighted by Crippen LogP contribution is -2.26. The maximum Gasteiger partial charge on any atom is 0.258 e. The zero-order valence-electron chi connectivity index (χ0n) is 19.0. The SMILES string of the molecule is CC(C)COc1ccc(S(C)(=O)=O)cc1C(=O)N1Cc2ccc(C3CCOCC3)cc2C1. The quantitative estimate of drug-likeness (QED) is 0.651. The summed E-state index contributed by atoms with van der Waals surface area (Å²) in [5.74, 6) is 1.00. The van der Waals surface area contributed by atoms with E-state index in [9.17, 15) is 13.2 Å². The van der Waals surface area contributed by atoms with Crippen LogP contribution in [0.3, 0.4) is 0 Å². The molecule has 2 aliphatic heterocycles. The van der Waals surface area contributed by atoms with Crippen molar-refractivity contribution in [2.75, 3.05) is 26.1 Å². The molecule has 4 rings (SSSR count). The normalized spacial score (nSPS) is 16.9. The summed E-state index contributed by atoms with van der Waals surface area (Å²) in [6.45, 7) is 7.11. The molecule has 0 radical (unpaired) electrons. The third kappa shape index (κ3) is 4.99. The highest BCUT2D eigenvalue weighted by Crippen LogP contribution is 2.33. The molecule has 1 fully saturated rings. The van der Waals surface area contributed by atoms with Crippen LogP contribution in [0.25, 0.3) is 0 Å². The number of sulfone groups is 1. The number of rotatable bonds is 6. The fourth-order valence-electron chi connectivity index (χ4n) is 4.30. The van der Waals surface area contributed by atoms with E-state index in [1.807, 2.05) is 13.8 Å². The molecule has 0 atom stereocenters. The number of nitrogens with zero attached hydrogens (tertiary/aromatic N) is 1. The van der Waals surface area contributed by atoms with Crippen LogP contribution in [0.2, 0.25) is 0 Å². The van der Waals surface area contributed by atoms with Crippen molar-refractivity contribution in [2.24, 2.45) is 5.92 Å². The second-order valence-electron chi connectivity index (χ2n) is 9.21. The molecule has 172 valence electrons. The number of amides is 1. The Labute approximate surface area is 190 Å². The zero-order chi connectivity index (χ0) is 22.9. The van der Waals surface area contributed by atoms with Gasteiger partial charge in [-0.1, -0.05) is 32.0 Å². The highest BCUT2D eigenvalue weighted by molar-refractivity contribution is 7.90. The van der Waals surface area contributed by atoms with Gasteiger partial charge in [-0.3, -0.25) is 4.79 Å². The molecule has 0 spiro atoms. The van der Waals surface area contributed by atoms with Crippen molar-refractivity contribution < 1.29 is 22.7 Å². The first-order chi connectivity index (χ1) is 15.2. The number of fused-ring (bicyclic) bond motifs is 1. The van der Waals surface area contributed by atoms with Gasteiger partial charge in [-0.05, 0) is 59.6 Å². The summed E-state index contributed by atoms with van der Waals surface area (Å²) in [5.41, 5.74) is 3.90. The molecule has 2 aromatic rings. The van der Waals surface area contributed by atoms with Crippen molar-refractivity contribution in [3.63, 3.8) is 0 Å². The van der Waals surface area contributed by atoms with Gasteiger partial charge >= 0.3 is 0 Å². The Morgan fingerprint density at radius 2 is 1.81 bits per heavy atom. The van der Waals surface area contributed by atoms with Gasteiger partial charge in [0.15, 0.2) is 9.84 Å². The molecule has 1 saturated heterocycles. The van der Waals surface area contributed by atoms with Gasteiger partial charge in [0.05, 0.1) is 17.1 Å². The lowest BCUT2D eigenvalue weighted by molar-refractivity contribution is 0.0746. The van der Waals surface area contributed by atoms with Gasteiger partial charge in [-0.25, -0.2) is 8.42 Å². The Morgan fingerprint density at radius 1 is 1.09 bits per heavy atom. The standard InChI is InChI=1S/C25H31NO5S/c1-17(2)16-31-24-7-6-22(32(3,28)29)13-23(24)25(27)26-14-20-5-4-19(12-21(20)15-26)18-8-10-30-11-9-18/h4-7,12-13,17-18H,8-11,14-16H2,1-3H3. The van der Waals surface area contributed by atoms with E-state index in [0.717, 1.165) is 43.4 Å². The number of ether oxygens (including phenoxy) is 2. The van der Waals surface area contributed by atoms with E-state index in [2.05, 4.69) is 18.2 Å². The molecule has 0 bridgehead atoms. The number of hydrogen-bond donors (Lipinski definition) is 0. The molecule has 6 nitrogen and oxygen atoms in total. The van der Waals surface area contributed by atoms with Crippen molar-refractivity contribution in [1.82, 2.24) is 4.90 Å². The first-order valence-corrected chi connectivity index (χ1v) is 13.1. The Balaban J connectivity index is 1.58. The predicted octanol–water partition coefficient (Wildman–Crippen LogP) is 4.17. The summed E-state index contributed by atoms with van der Waals surface area (Å²) in [5, 5.41) is 0. The number of hydrogen-bond acceptors (Lipinski definition) is 5. The Morgan fingerprint density at radius 3 is 2.50 bits per heavy atom. The van der Waals surface area contributed by atoms with Gasteiger partial charge < -0.3 is 14.4 Å². The molecule has 2 aliphatic rings. The lowest BCUT2D eigenvalue weighted by atomic mass is 9.90. The summed E-state index contributed by atoms with van der Waals surface area (Å²) in [6.07, 6.45) is 3.20. The summed E-state index contributed by atoms with van der Waals surface area (Å²) in [4.78, 5) is 15.4. The maximum absolute atomic E-state index is 13.5. The van der Waals surface area contributed by atoms with Gasteiger partial charge in [0.1, 0.15) is 5.75 Å². The van der Waals surface area contributed by atoms with E-state index < -0.39 is 9.84 Å². The third-order valence-corrected chi connectivity index (χ3v) is 7.22. The molecular formula is C25H31NO5S. The zero-order valence-corrected chi connectivity index (χ0v) is 19.8. The van der Waals surface area contributed by atoms with Crippen LogP contribution in [-0.2, 0) is 27.7 Å². The van der Waals surface area contributed by atoms with Gasteiger partial charge in [-0.2, -0.15) is 0 Å². The van der Waals surface area contributed by atoms with Gasteiger partial charge in [0, 0.05) is 32.6 Å². The Kier molecular flexibility index (Phi) is 6.58. The maximum atomic E-state index is 13.5. The summed E-state index contributed by atoms with van der Waals surface area (Å²) in [6, 6.07) is 11.1. The molecule has 7 heteroatoms. The largest absolute Gasteiger partial charge is 0.492 e. The average Bonchev–Trinajstić information content (AvgIpc) is 3.20. The van der Waals surface area contributed by atoms with Gasteiger partial charge in [0.25, 0.3) is 5.91 Å². The van der Waals surface area contributed by atoms with E-state index in [-0.39, 0.29) is 16.7 Å². The van der Waals surface area contributed by atoms with Crippen LogP contribution in [0, 0.1) is 5.92 Å². The molecule has 2 aromatic carbocycles. The minimum Gasteiger partial charge on any atom is -0.492 e. The van der Waals surface area contributed by atoms with Crippen molar-refractivity contribution in [1.29, 1.82) is 0 Å². The van der Waals surface area contributed by atoms with E-state index in [4.69, 9.17) is 9.47 Å². The van der Waals surface area contributed by atoms with Crippen LogP contribution in [0.1, 0.15) is 59.7 Å². The molecule has 2 heterocycles. The summed E-state index contributed by atoms with van der Waals surface area (Å²) >= 11 is 0. The Bertz CT molecular complexity index is 1100. The van der Waals surface area contributed by atoms with Crippen LogP contribution >= 0.6 is 0 Å². The highest BCUT2D eigenvalue weighted by atomic mass is 32.2. The van der Waals surface area contributed by atoms with Crippen molar-refractivity contribution in [3.8, 4) is 5.75 Å². The minimum absolute atomic E-state index is 0.122. The van der Waals surface area contributed by atoms with Crippen molar-refractivity contribution in [2.45, 2.75) is 50.6 Å². The first kappa shape index (κ1) is 22.8. The van der Waals surface area contributed by atoms with Crippen LogP contribution < -0.4 is 4.74 Å². The molecular weight excluding hydrogens is 426 g/mol. The second-order valence-corrected chi connectivity index (χ2v) is 11.2. The van der Waals surface area contributed by atoms with E-state index in [0.29, 0.717) is 36.9 Å². The minimum atomic E-state index is -3.44. The van der Waals surface area contributed by atoms with Gasteiger partial charge in [-0.15, -0.1) is 0 Å². The predicted molar refractivity (Wildman–Crippen MR) is 123 cm³/mol. The van der Waals surface area contributed by atoms with Crippen LogP contribution in [0.4, 0.5) is 0 Å². The molecule has 0 unspecified atom stereocenters. The van der Waals surface area contributed by atoms with Crippen LogP contribution in [0.5, 0.6) is 5.75 Å². The molecule has 32 heavy (non-hydrogen) atoms. The monoisotopic (exact) mass is 457 g/mol. The molecule has 0 aromatic heterocycles. The molecule has 0 N–H and O–H groups in total.